The number of fused-ring (bicyclic) bond motifs is 1. The lowest BCUT2D eigenvalue weighted by atomic mass is 10.1. The van der Waals surface area contributed by atoms with Crippen LogP contribution >= 0.6 is 11.8 Å². The maximum atomic E-state index is 12.6. The van der Waals surface area contributed by atoms with Gasteiger partial charge in [-0.25, -0.2) is 0 Å². The molecule has 0 aliphatic heterocycles. The fraction of sp³-hybridized carbons (Fsp3) is 0.240. The summed E-state index contributed by atoms with van der Waals surface area (Å²) in [4.78, 5) is 12.6. The molecule has 6 nitrogen and oxygen atoms in total. The standard InChI is InChI=1S/C25H26N4O2S/c1-4-18-12-14-20(15-13-18)31-17(2)24-27-28-25(29(24)3)32-16-23(30)26-22-11-7-9-19-8-5-6-10-21(19)22/h5-15,17H,4,16H2,1-3H3,(H,26,30). The molecule has 4 aromatic rings. The summed E-state index contributed by atoms with van der Waals surface area (Å²) in [6, 6.07) is 21.9. The number of carbonyl (C=O) groups is 1. The van der Waals surface area contributed by atoms with E-state index in [0.29, 0.717) is 11.0 Å². The second kappa shape index (κ2) is 9.87. The lowest BCUT2D eigenvalue weighted by Gasteiger charge is -2.14. The SMILES string of the molecule is CCc1ccc(OC(C)c2nnc(SCC(=O)Nc3cccc4ccccc34)n2C)cc1. The van der Waals surface area contributed by atoms with Gasteiger partial charge in [-0.2, -0.15) is 0 Å². The summed E-state index contributed by atoms with van der Waals surface area (Å²) >= 11 is 1.35. The van der Waals surface area contributed by atoms with Crippen molar-refractivity contribution in [3.05, 3.63) is 78.1 Å². The largest absolute Gasteiger partial charge is 0.483 e. The van der Waals surface area contributed by atoms with Crippen molar-refractivity contribution in [2.24, 2.45) is 7.05 Å². The first-order chi connectivity index (χ1) is 15.5. The fourth-order valence-electron chi connectivity index (χ4n) is 3.52. The molecule has 1 atom stereocenters. The van der Waals surface area contributed by atoms with Crippen molar-refractivity contribution in [2.75, 3.05) is 11.1 Å². The van der Waals surface area contributed by atoms with Gasteiger partial charge in [0.1, 0.15) is 5.75 Å². The number of benzene rings is 3. The van der Waals surface area contributed by atoms with E-state index in [1.54, 1.807) is 0 Å². The summed E-state index contributed by atoms with van der Waals surface area (Å²) in [7, 11) is 1.89. The van der Waals surface area contributed by atoms with Crippen molar-refractivity contribution in [1.82, 2.24) is 14.8 Å². The molecule has 1 unspecified atom stereocenters. The third-order valence-electron chi connectivity index (χ3n) is 5.27. The maximum Gasteiger partial charge on any atom is 0.234 e. The zero-order valence-electron chi connectivity index (χ0n) is 18.4. The van der Waals surface area contributed by atoms with Crippen LogP contribution < -0.4 is 10.1 Å². The van der Waals surface area contributed by atoms with Gasteiger partial charge in [0, 0.05) is 18.1 Å². The molecule has 0 fully saturated rings. The Labute approximate surface area is 192 Å². The zero-order valence-corrected chi connectivity index (χ0v) is 19.2. The van der Waals surface area contributed by atoms with Gasteiger partial charge in [-0.3, -0.25) is 4.79 Å². The Balaban J connectivity index is 1.37. The Morgan fingerprint density at radius 2 is 1.81 bits per heavy atom. The van der Waals surface area contributed by atoms with Crippen LogP contribution in [0.4, 0.5) is 5.69 Å². The molecule has 0 bridgehead atoms. The number of hydrogen-bond donors (Lipinski definition) is 1. The molecule has 4 rings (SSSR count). The van der Waals surface area contributed by atoms with Gasteiger partial charge >= 0.3 is 0 Å². The van der Waals surface area contributed by atoms with E-state index in [1.165, 1.54) is 17.3 Å². The Bertz CT molecular complexity index is 1220. The summed E-state index contributed by atoms with van der Waals surface area (Å²) in [5.41, 5.74) is 2.08. The van der Waals surface area contributed by atoms with Crippen LogP contribution in [0.1, 0.15) is 31.3 Å². The van der Waals surface area contributed by atoms with Crippen LogP contribution in [0.25, 0.3) is 10.8 Å². The Kier molecular flexibility index (Phi) is 6.75. The average Bonchev–Trinajstić information content (AvgIpc) is 3.19. The highest BCUT2D eigenvalue weighted by Gasteiger charge is 2.18. The number of rotatable bonds is 8. The van der Waals surface area contributed by atoms with Gasteiger partial charge in [0.25, 0.3) is 0 Å². The molecule has 7 heteroatoms. The fourth-order valence-corrected chi connectivity index (χ4v) is 4.24. The van der Waals surface area contributed by atoms with Crippen molar-refractivity contribution in [1.29, 1.82) is 0 Å². The number of ether oxygens (including phenoxy) is 1. The quantitative estimate of drug-likeness (QED) is 0.367. The van der Waals surface area contributed by atoms with E-state index in [2.05, 4.69) is 34.6 Å². The predicted octanol–water partition coefficient (Wildman–Crippen LogP) is 5.40. The maximum absolute atomic E-state index is 12.6. The van der Waals surface area contributed by atoms with Gasteiger partial charge < -0.3 is 14.6 Å². The molecule has 164 valence electrons. The number of carbonyl (C=O) groups excluding carboxylic acids is 1. The number of hydrogen-bond acceptors (Lipinski definition) is 5. The third kappa shape index (κ3) is 4.94. The molecule has 1 aromatic heterocycles. The van der Waals surface area contributed by atoms with Crippen LogP contribution in [0.5, 0.6) is 5.75 Å². The van der Waals surface area contributed by atoms with Crippen LogP contribution in [0.3, 0.4) is 0 Å². The van der Waals surface area contributed by atoms with Crippen molar-refractivity contribution < 1.29 is 9.53 Å². The van der Waals surface area contributed by atoms with E-state index in [9.17, 15) is 4.79 Å². The highest BCUT2D eigenvalue weighted by atomic mass is 32.2. The van der Waals surface area contributed by atoms with E-state index in [4.69, 9.17) is 4.74 Å². The molecule has 1 heterocycles. The van der Waals surface area contributed by atoms with Crippen LogP contribution in [-0.4, -0.2) is 26.4 Å². The van der Waals surface area contributed by atoms with E-state index >= 15 is 0 Å². The summed E-state index contributed by atoms with van der Waals surface area (Å²) < 4.78 is 7.90. The molecule has 0 saturated carbocycles. The highest BCUT2D eigenvalue weighted by Crippen LogP contribution is 2.26. The number of nitrogens with zero attached hydrogens (tertiary/aromatic N) is 3. The molecular formula is C25H26N4O2S. The minimum atomic E-state index is -0.265. The van der Waals surface area contributed by atoms with Gasteiger partial charge in [-0.05, 0) is 42.5 Å². The molecule has 0 aliphatic rings. The molecule has 32 heavy (non-hydrogen) atoms. The monoisotopic (exact) mass is 446 g/mol. The predicted molar refractivity (Wildman–Crippen MR) is 129 cm³/mol. The first-order valence-electron chi connectivity index (χ1n) is 10.6. The second-order valence-electron chi connectivity index (χ2n) is 7.52. The van der Waals surface area contributed by atoms with Gasteiger partial charge in [0.15, 0.2) is 17.1 Å². The topological polar surface area (TPSA) is 69.0 Å². The van der Waals surface area contributed by atoms with Crippen molar-refractivity contribution >= 4 is 34.1 Å². The number of aryl methyl sites for hydroxylation is 1. The lowest BCUT2D eigenvalue weighted by Crippen LogP contribution is -2.15. The Hall–Kier alpha value is -3.32. The first kappa shape index (κ1) is 21.9. The van der Waals surface area contributed by atoms with Crippen LogP contribution in [0.2, 0.25) is 0 Å². The molecular weight excluding hydrogens is 420 g/mol. The molecule has 0 aliphatic carbocycles. The number of amides is 1. The average molecular weight is 447 g/mol. The van der Waals surface area contributed by atoms with Crippen molar-refractivity contribution in [3.8, 4) is 5.75 Å². The van der Waals surface area contributed by atoms with Gasteiger partial charge in [0.2, 0.25) is 5.91 Å². The Morgan fingerprint density at radius 1 is 1.06 bits per heavy atom. The summed E-state index contributed by atoms with van der Waals surface area (Å²) in [5.74, 6) is 1.65. The van der Waals surface area contributed by atoms with Crippen LogP contribution in [0, 0.1) is 0 Å². The number of thioether (sulfide) groups is 1. The molecule has 3 aromatic carbocycles. The molecule has 0 radical (unpaired) electrons. The minimum Gasteiger partial charge on any atom is -0.483 e. The normalized spacial score (nSPS) is 12.0. The number of aromatic nitrogens is 3. The number of anilines is 1. The molecule has 0 saturated heterocycles. The van der Waals surface area contributed by atoms with E-state index in [1.807, 2.05) is 73.1 Å². The minimum absolute atomic E-state index is 0.0868. The second-order valence-corrected chi connectivity index (χ2v) is 8.46. The first-order valence-corrected chi connectivity index (χ1v) is 11.6. The van der Waals surface area contributed by atoms with Crippen LogP contribution in [-0.2, 0) is 18.3 Å². The third-order valence-corrected chi connectivity index (χ3v) is 6.29. The molecule has 1 N–H and O–H groups in total. The van der Waals surface area contributed by atoms with E-state index in [-0.39, 0.29) is 17.8 Å². The summed E-state index contributed by atoms with van der Waals surface area (Å²) in [5, 5.41) is 14.3. The smallest absolute Gasteiger partial charge is 0.234 e. The van der Waals surface area contributed by atoms with E-state index < -0.39 is 0 Å². The summed E-state index contributed by atoms with van der Waals surface area (Å²) in [6.45, 7) is 4.07. The van der Waals surface area contributed by atoms with Crippen LogP contribution in [0.15, 0.2) is 71.9 Å². The molecule has 0 spiro atoms. The lowest BCUT2D eigenvalue weighted by molar-refractivity contribution is -0.113. The van der Waals surface area contributed by atoms with Gasteiger partial charge in [-0.15, -0.1) is 10.2 Å². The molecule has 1 amide bonds. The summed E-state index contributed by atoms with van der Waals surface area (Å²) in [6.07, 6.45) is 0.729. The Morgan fingerprint density at radius 3 is 2.59 bits per heavy atom. The van der Waals surface area contributed by atoms with Gasteiger partial charge in [-0.1, -0.05) is 67.2 Å². The number of nitrogens with one attached hydrogen (secondary N) is 1. The van der Waals surface area contributed by atoms with Crippen molar-refractivity contribution in [2.45, 2.75) is 31.5 Å². The van der Waals surface area contributed by atoms with E-state index in [0.717, 1.165) is 28.6 Å². The highest BCUT2D eigenvalue weighted by molar-refractivity contribution is 7.99. The van der Waals surface area contributed by atoms with Gasteiger partial charge in [0.05, 0.1) is 5.75 Å². The van der Waals surface area contributed by atoms with Crippen molar-refractivity contribution in [3.63, 3.8) is 0 Å². The zero-order chi connectivity index (χ0) is 22.5.